The Kier molecular flexibility index (Phi) is 3.24. The predicted molar refractivity (Wildman–Crippen MR) is 60.1 cm³/mol. The van der Waals surface area contributed by atoms with Crippen LogP contribution in [0.3, 0.4) is 0 Å². The Hall–Kier alpha value is -1.36. The number of amides is 1. The van der Waals surface area contributed by atoms with E-state index in [0.717, 1.165) is 4.88 Å². The van der Waals surface area contributed by atoms with Crippen molar-refractivity contribution in [3.63, 3.8) is 0 Å². The molecule has 2 heterocycles. The van der Waals surface area contributed by atoms with E-state index < -0.39 is 11.9 Å². The van der Waals surface area contributed by atoms with Gasteiger partial charge in [-0.15, -0.1) is 11.3 Å². The molecular weight excluding hydrogens is 226 g/mol. The van der Waals surface area contributed by atoms with Gasteiger partial charge in [0.15, 0.2) is 0 Å². The van der Waals surface area contributed by atoms with Crippen molar-refractivity contribution >= 4 is 23.2 Å². The molecule has 2 rings (SSSR count). The Bertz CT molecular complexity index is 388. The van der Waals surface area contributed by atoms with E-state index in [9.17, 15) is 9.59 Å². The zero-order chi connectivity index (χ0) is 11.5. The third-order valence-corrected chi connectivity index (χ3v) is 3.64. The fourth-order valence-electron chi connectivity index (χ4n) is 1.86. The summed E-state index contributed by atoms with van der Waals surface area (Å²) < 4.78 is 0. The van der Waals surface area contributed by atoms with Crippen LogP contribution in [0.5, 0.6) is 0 Å². The average Bonchev–Trinajstić information content (AvgIpc) is 2.73. The van der Waals surface area contributed by atoms with Gasteiger partial charge in [0.05, 0.1) is 12.5 Å². The maximum Gasteiger partial charge on any atom is 0.308 e. The molecule has 0 aromatic carbocycles. The van der Waals surface area contributed by atoms with Crippen molar-refractivity contribution in [1.29, 1.82) is 0 Å². The highest BCUT2D eigenvalue weighted by Gasteiger charge is 2.29. The first kappa shape index (κ1) is 11.1. The number of thiophene rings is 1. The van der Waals surface area contributed by atoms with Crippen LogP contribution in [0.2, 0.25) is 0 Å². The van der Waals surface area contributed by atoms with Gasteiger partial charge in [-0.2, -0.15) is 0 Å². The third kappa shape index (κ3) is 2.41. The molecule has 0 bridgehead atoms. The lowest BCUT2D eigenvalue weighted by Gasteiger charge is -2.30. The van der Waals surface area contributed by atoms with Gasteiger partial charge in [-0.3, -0.25) is 9.59 Å². The van der Waals surface area contributed by atoms with Gasteiger partial charge in [-0.25, -0.2) is 0 Å². The first-order valence-electron chi connectivity index (χ1n) is 5.20. The van der Waals surface area contributed by atoms with Gasteiger partial charge >= 0.3 is 5.97 Å². The van der Waals surface area contributed by atoms with Gasteiger partial charge in [0.25, 0.3) is 0 Å². The topological polar surface area (TPSA) is 57.6 Å². The number of nitrogens with zero attached hydrogens (tertiary/aromatic N) is 1. The molecule has 86 valence electrons. The van der Waals surface area contributed by atoms with Crippen molar-refractivity contribution in [2.75, 3.05) is 6.54 Å². The molecule has 1 aliphatic rings. The van der Waals surface area contributed by atoms with Crippen LogP contribution in [0.15, 0.2) is 17.5 Å². The quantitative estimate of drug-likeness (QED) is 0.871. The van der Waals surface area contributed by atoms with Crippen LogP contribution in [0.25, 0.3) is 0 Å². The summed E-state index contributed by atoms with van der Waals surface area (Å²) in [6.07, 6.45) is 0.817. The van der Waals surface area contributed by atoms with Crippen molar-refractivity contribution in [2.24, 2.45) is 5.92 Å². The number of likely N-dealkylation sites (tertiary alicyclic amines) is 1. The molecule has 0 spiro atoms. The van der Waals surface area contributed by atoms with Crippen LogP contribution in [0, 0.1) is 5.92 Å². The molecular formula is C11H13NO3S. The number of piperidine rings is 1. The van der Waals surface area contributed by atoms with Crippen molar-refractivity contribution in [2.45, 2.75) is 19.4 Å². The molecule has 1 atom stereocenters. The van der Waals surface area contributed by atoms with Crippen LogP contribution in [-0.4, -0.2) is 28.4 Å². The van der Waals surface area contributed by atoms with Gasteiger partial charge in [-0.1, -0.05) is 6.07 Å². The smallest absolute Gasteiger partial charge is 0.308 e. The summed E-state index contributed by atoms with van der Waals surface area (Å²) in [4.78, 5) is 25.2. The molecule has 0 aliphatic carbocycles. The lowest BCUT2D eigenvalue weighted by molar-refractivity contribution is -0.147. The molecule has 1 aliphatic heterocycles. The molecule has 16 heavy (non-hydrogen) atoms. The molecule has 0 saturated carbocycles. The molecule has 1 unspecified atom stereocenters. The third-order valence-electron chi connectivity index (χ3n) is 2.78. The first-order chi connectivity index (χ1) is 7.66. The van der Waals surface area contributed by atoms with Gasteiger partial charge in [0.2, 0.25) is 5.91 Å². The summed E-state index contributed by atoms with van der Waals surface area (Å²) in [7, 11) is 0. The van der Waals surface area contributed by atoms with Crippen molar-refractivity contribution < 1.29 is 14.7 Å². The molecule has 1 aromatic rings. The van der Waals surface area contributed by atoms with Crippen LogP contribution < -0.4 is 0 Å². The van der Waals surface area contributed by atoms with E-state index in [1.165, 1.54) is 0 Å². The molecule has 0 radical (unpaired) electrons. The Balaban J connectivity index is 2.01. The van der Waals surface area contributed by atoms with Gasteiger partial charge in [-0.05, 0) is 17.9 Å². The first-order valence-corrected chi connectivity index (χ1v) is 6.08. The summed E-state index contributed by atoms with van der Waals surface area (Å²) in [6.45, 7) is 0.881. The predicted octanol–water partition coefficient (Wildman–Crippen LogP) is 1.57. The van der Waals surface area contributed by atoms with Crippen molar-refractivity contribution in [3.8, 4) is 0 Å². The second-order valence-electron chi connectivity index (χ2n) is 3.93. The minimum Gasteiger partial charge on any atom is -0.481 e. The minimum atomic E-state index is -0.802. The summed E-state index contributed by atoms with van der Waals surface area (Å²) in [5.74, 6) is -1.15. The Morgan fingerprint density at radius 3 is 3.06 bits per heavy atom. The number of hydrogen-bond acceptors (Lipinski definition) is 3. The Morgan fingerprint density at radius 2 is 2.44 bits per heavy atom. The summed E-state index contributed by atoms with van der Waals surface area (Å²) in [5, 5.41) is 10.9. The largest absolute Gasteiger partial charge is 0.481 e. The van der Waals surface area contributed by atoms with E-state index in [1.54, 1.807) is 16.2 Å². The second-order valence-corrected chi connectivity index (χ2v) is 4.96. The van der Waals surface area contributed by atoms with E-state index in [-0.39, 0.29) is 5.91 Å². The molecule has 1 aromatic heterocycles. The van der Waals surface area contributed by atoms with Gasteiger partial charge < -0.3 is 10.0 Å². The normalized spacial score (nSPS) is 21.1. The highest BCUT2D eigenvalue weighted by Crippen LogP contribution is 2.21. The molecule has 1 N–H and O–H groups in total. The lowest BCUT2D eigenvalue weighted by atomic mass is 9.98. The van der Waals surface area contributed by atoms with Crippen LogP contribution in [0.1, 0.15) is 17.7 Å². The fourth-order valence-corrected chi connectivity index (χ4v) is 2.58. The lowest BCUT2D eigenvalue weighted by Crippen LogP contribution is -2.41. The minimum absolute atomic E-state index is 0.0610. The number of hydrogen-bond donors (Lipinski definition) is 1. The fraction of sp³-hybridized carbons (Fsp3) is 0.455. The number of carboxylic acids is 1. The Morgan fingerprint density at radius 1 is 1.62 bits per heavy atom. The zero-order valence-electron chi connectivity index (χ0n) is 8.76. The molecule has 1 saturated heterocycles. The number of carbonyl (C=O) groups is 2. The SMILES string of the molecule is O=C(O)C1CCC(=O)N(Cc2cccs2)C1. The molecule has 1 amide bonds. The zero-order valence-corrected chi connectivity index (χ0v) is 9.57. The van der Waals surface area contributed by atoms with E-state index in [2.05, 4.69) is 0 Å². The van der Waals surface area contributed by atoms with Crippen LogP contribution >= 0.6 is 11.3 Å². The van der Waals surface area contributed by atoms with Crippen molar-refractivity contribution in [3.05, 3.63) is 22.4 Å². The van der Waals surface area contributed by atoms with Crippen LogP contribution in [0.4, 0.5) is 0 Å². The maximum atomic E-state index is 11.6. The molecule has 1 fully saturated rings. The standard InChI is InChI=1S/C11H13NO3S/c13-10-4-3-8(11(14)15)6-12(10)7-9-2-1-5-16-9/h1-2,5,8H,3-4,6-7H2,(H,14,15). The maximum absolute atomic E-state index is 11.6. The number of carbonyl (C=O) groups excluding carboxylic acids is 1. The highest BCUT2D eigenvalue weighted by molar-refractivity contribution is 7.09. The second kappa shape index (κ2) is 4.65. The van der Waals surface area contributed by atoms with E-state index >= 15 is 0 Å². The van der Waals surface area contributed by atoms with Gasteiger partial charge in [0, 0.05) is 17.8 Å². The highest BCUT2D eigenvalue weighted by atomic mass is 32.1. The summed E-state index contributed by atoms with van der Waals surface area (Å²) in [6, 6.07) is 3.89. The molecule has 4 nitrogen and oxygen atoms in total. The Labute approximate surface area is 97.5 Å². The van der Waals surface area contributed by atoms with Crippen molar-refractivity contribution in [1.82, 2.24) is 4.90 Å². The number of carboxylic acid groups (broad SMARTS) is 1. The van der Waals surface area contributed by atoms with E-state index in [4.69, 9.17) is 5.11 Å². The summed E-state index contributed by atoms with van der Waals surface area (Å²) in [5.41, 5.74) is 0. The van der Waals surface area contributed by atoms with E-state index in [0.29, 0.717) is 25.9 Å². The summed E-state index contributed by atoms with van der Waals surface area (Å²) >= 11 is 1.59. The monoisotopic (exact) mass is 239 g/mol. The van der Waals surface area contributed by atoms with E-state index in [1.807, 2.05) is 17.5 Å². The number of aliphatic carboxylic acids is 1. The molecule has 5 heteroatoms. The number of rotatable bonds is 3. The van der Waals surface area contributed by atoms with Crippen LogP contribution in [-0.2, 0) is 16.1 Å². The van der Waals surface area contributed by atoms with Gasteiger partial charge in [0.1, 0.15) is 0 Å². The average molecular weight is 239 g/mol.